The van der Waals surface area contributed by atoms with Crippen molar-refractivity contribution < 1.29 is 14.4 Å². The maximum atomic E-state index is 12.8. The van der Waals surface area contributed by atoms with E-state index >= 15 is 0 Å². The van der Waals surface area contributed by atoms with Gasteiger partial charge in [-0.2, -0.15) is 9.61 Å². The average molecular weight is 520 g/mol. The van der Waals surface area contributed by atoms with Gasteiger partial charge in [0, 0.05) is 46.8 Å². The molecular formula is C26H29N7O3S. The monoisotopic (exact) mass is 519 g/mol. The molecule has 10 nitrogen and oxygen atoms in total. The first kappa shape index (κ1) is 23.8. The third-order valence-corrected chi connectivity index (χ3v) is 8.14. The summed E-state index contributed by atoms with van der Waals surface area (Å²) in [5.74, 6) is 0.0414. The third kappa shape index (κ3) is 5.01. The molecule has 1 unspecified atom stereocenters. The maximum Gasteiger partial charge on any atom is 0.261 e. The van der Waals surface area contributed by atoms with Crippen molar-refractivity contribution in [2.45, 2.75) is 50.6 Å². The van der Waals surface area contributed by atoms with E-state index in [4.69, 9.17) is 4.98 Å². The summed E-state index contributed by atoms with van der Waals surface area (Å²) in [6, 6.07) is 4.76. The number of thiophene rings is 1. The van der Waals surface area contributed by atoms with Crippen LogP contribution in [0.2, 0.25) is 0 Å². The molecule has 0 aromatic carbocycles. The van der Waals surface area contributed by atoms with Crippen molar-refractivity contribution in [2.24, 2.45) is 0 Å². The van der Waals surface area contributed by atoms with Crippen LogP contribution in [-0.4, -0.2) is 69.4 Å². The second-order valence-corrected chi connectivity index (χ2v) is 10.9. The van der Waals surface area contributed by atoms with Crippen molar-refractivity contribution in [1.82, 2.24) is 30.1 Å². The van der Waals surface area contributed by atoms with Crippen LogP contribution in [0.3, 0.4) is 0 Å². The van der Waals surface area contributed by atoms with E-state index in [9.17, 15) is 14.4 Å². The van der Waals surface area contributed by atoms with E-state index in [1.165, 1.54) is 24.2 Å². The van der Waals surface area contributed by atoms with Gasteiger partial charge < -0.3 is 15.5 Å². The molecule has 37 heavy (non-hydrogen) atoms. The first-order chi connectivity index (χ1) is 17.9. The Labute approximate surface area is 218 Å². The lowest BCUT2D eigenvalue weighted by Gasteiger charge is -2.19. The zero-order valence-electron chi connectivity index (χ0n) is 20.6. The smallest absolute Gasteiger partial charge is 0.261 e. The number of amides is 3. The van der Waals surface area contributed by atoms with Gasteiger partial charge in [0.2, 0.25) is 5.91 Å². The van der Waals surface area contributed by atoms with Gasteiger partial charge in [-0.15, -0.1) is 11.3 Å². The Kier molecular flexibility index (Phi) is 6.25. The number of aromatic nitrogens is 3. The number of anilines is 1. The molecule has 2 saturated heterocycles. The summed E-state index contributed by atoms with van der Waals surface area (Å²) in [5, 5.41) is 15.3. The predicted molar refractivity (Wildman–Crippen MR) is 141 cm³/mol. The minimum absolute atomic E-state index is 0.0447. The molecule has 3 aromatic heterocycles. The van der Waals surface area contributed by atoms with Gasteiger partial charge in [-0.25, -0.2) is 4.98 Å². The molecule has 3 aliphatic rings. The molecule has 3 N–H and O–H groups in total. The normalized spacial score (nSPS) is 21.2. The summed E-state index contributed by atoms with van der Waals surface area (Å²) in [4.78, 5) is 44.4. The summed E-state index contributed by atoms with van der Waals surface area (Å²) in [5.41, 5.74) is 3.19. The quantitative estimate of drug-likeness (QED) is 0.309. The van der Waals surface area contributed by atoms with E-state index in [0.29, 0.717) is 46.0 Å². The minimum atomic E-state index is -0.384. The summed E-state index contributed by atoms with van der Waals surface area (Å²) in [6.45, 7) is 1.79. The molecule has 1 atom stereocenters. The second kappa shape index (κ2) is 9.71. The van der Waals surface area contributed by atoms with E-state index in [1.807, 2.05) is 17.5 Å². The summed E-state index contributed by atoms with van der Waals surface area (Å²) >= 11 is 1.40. The predicted octanol–water partition coefficient (Wildman–Crippen LogP) is 2.68. The van der Waals surface area contributed by atoms with Gasteiger partial charge in [0.1, 0.15) is 5.82 Å². The Morgan fingerprint density at radius 1 is 1.27 bits per heavy atom. The standard InChI is InChI=1S/C26H29N7O3S/c1-32-8-2-3-19(32)6-7-27-26(36)21-10-17(14-37-21)20-12-22(29-18-4-5-18)33-24(30-20)16(13-28-33)9-15-11-23(34)31-25(15)35/h9-10,12-14,18-19,29H,2-8,11H2,1H3,(H,27,36)(H,31,34,35)/b15-9+. The number of rotatable bonds is 8. The molecule has 3 aromatic rings. The topological polar surface area (TPSA) is 121 Å². The fourth-order valence-electron chi connectivity index (χ4n) is 4.95. The molecule has 5 heterocycles. The van der Waals surface area contributed by atoms with Gasteiger partial charge in [-0.05, 0) is 57.8 Å². The van der Waals surface area contributed by atoms with Gasteiger partial charge in [0.25, 0.3) is 11.8 Å². The number of fused-ring (bicyclic) bond motifs is 1. The lowest BCUT2D eigenvalue weighted by atomic mass is 10.1. The largest absolute Gasteiger partial charge is 0.367 e. The molecule has 1 aliphatic carbocycles. The van der Waals surface area contributed by atoms with Crippen molar-refractivity contribution in [3.05, 3.63) is 39.7 Å². The molecule has 2 aliphatic heterocycles. The number of nitrogens with one attached hydrogen (secondary N) is 3. The molecule has 1 saturated carbocycles. The molecule has 11 heteroatoms. The molecule has 6 rings (SSSR count). The second-order valence-electron chi connectivity index (χ2n) is 10.0. The minimum Gasteiger partial charge on any atom is -0.367 e. The number of imide groups is 1. The Morgan fingerprint density at radius 2 is 2.14 bits per heavy atom. The van der Waals surface area contributed by atoms with E-state index in [1.54, 1.807) is 16.8 Å². The number of carbonyl (C=O) groups is 3. The van der Waals surface area contributed by atoms with Crippen LogP contribution in [0, 0.1) is 0 Å². The van der Waals surface area contributed by atoms with Crippen LogP contribution in [0.5, 0.6) is 0 Å². The van der Waals surface area contributed by atoms with Crippen molar-refractivity contribution >= 4 is 46.6 Å². The van der Waals surface area contributed by atoms with Gasteiger partial charge in [-0.1, -0.05) is 0 Å². The molecule has 0 bridgehead atoms. The van der Waals surface area contributed by atoms with Crippen LogP contribution in [0.15, 0.2) is 29.3 Å². The number of likely N-dealkylation sites (tertiary alicyclic amines) is 1. The van der Waals surface area contributed by atoms with Gasteiger partial charge in [0.05, 0.1) is 23.2 Å². The molecule has 192 valence electrons. The van der Waals surface area contributed by atoms with Crippen LogP contribution >= 0.6 is 11.3 Å². The molecule has 3 amide bonds. The van der Waals surface area contributed by atoms with Crippen LogP contribution < -0.4 is 16.0 Å². The van der Waals surface area contributed by atoms with Crippen molar-refractivity contribution in [2.75, 3.05) is 25.5 Å². The Hall–Kier alpha value is -3.57. The Balaban J connectivity index is 1.25. The third-order valence-electron chi connectivity index (χ3n) is 7.21. The molecular weight excluding hydrogens is 490 g/mol. The number of hydrogen-bond acceptors (Lipinski definition) is 8. The zero-order chi connectivity index (χ0) is 25.5. The van der Waals surface area contributed by atoms with E-state index in [0.717, 1.165) is 37.2 Å². The van der Waals surface area contributed by atoms with E-state index < -0.39 is 0 Å². The van der Waals surface area contributed by atoms with Gasteiger partial charge >= 0.3 is 0 Å². The van der Waals surface area contributed by atoms with Crippen LogP contribution in [0.25, 0.3) is 23.0 Å². The SMILES string of the molecule is CN1CCCC1CCNC(=O)c1cc(-c2cc(NC3CC3)n3ncc(/C=C4\CC(=O)NC4=O)c3n2)cs1. The van der Waals surface area contributed by atoms with Crippen LogP contribution in [-0.2, 0) is 9.59 Å². The fourth-order valence-corrected chi connectivity index (χ4v) is 5.77. The van der Waals surface area contributed by atoms with Crippen molar-refractivity contribution in [3.63, 3.8) is 0 Å². The fraction of sp³-hybridized carbons (Fsp3) is 0.423. The highest BCUT2D eigenvalue weighted by atomic mass is 32.1. The lowest BCUT2D eigenvalue weighted by molar-refractivity contribution is -0.124. The lowest BCUT2D eigenvalue weighted by Crippen LogP contribution is -2.31. The molecule has 3 fully saturated rings. The first-order valence-electron chi connectivity index (χ1n) is 12.7. The van der Waals surface area contributed by atoms with Gasteiger partial charge in [-0.3, -0.25) is 19.7 Å². The number of hydrogen-bond donors (Lipinski definition) is 3. The van der Waals surface area contributed by atoms with Crippen molar-refractivity contribution in [3.8, 4) is 11.3 Å². The number of nitrogens with zero attached hydrogens (tertiary/aromatic N) is 4. The Morgan fingerprint density at radius 3 is 2.86 bits per heavy atom. The van der Waals surface area contributed by atoms with Crippen LogP contribution in [0.4, 0.5) is 5.82 Å². The zero-order valence-corrected chi connectivity index (χ0v) is 21.4. The summed E-state index contributed by atoms with van der Waals surface area (Å²) in [6.07, 6.45) is 8.93. The number of carbonyl (C=O) groups excluding carboxylic acids is 3. The van der Waals surface area contributed by atoms with E-state index in [2.05, 4.69) is 33.0 Å². The Bertz CT molecular complexity index is 1420. The van der Waals surface area contributed by atoms with Crippen molar-refractivity contribution in [1.29, 1.82) is 0 Å². The average Bonchev–Trinajstić information content (AvgIpc) is 3.22. The highest BCUT2D eigenvalue weighted by molar-refractivity contribution is 7.12. The molecule has 0 spiro atoms. The summed E-state index contributed by atoms with van der Waals surface area (Å²) < 4.78 is 1.73. The highest BCUT2D eigenvalue weighted by Crippen LogP contribution is 2.31. The van der Waals surface area contributed by atoms with E-state index in [-0.39, 0.29) is 24.1 Å². The first-order valence-corrected chi connectivity index (χ1v) is 13.6. The highest BCUT2D eigenvalue weighted by Gasteiger charge is 2.26. The summed E-state index contributed by atoms with van der Waals surface area (Å²) in [7, 11) is 2.14. The maximum absolute atomic E-state index is 12.8. The van der Waals surface area contributed by atoms with Gasteiger partial charge in [0.15, 0.2) is 5.65 Å². The van der Waals surface area contributed by atoms with Crippen LogP contribution in [0.1, 0.15) is 53.8 Å². The molecule has 0 radical (unpaired) electrons.